The molecule has 172 valence electrons. The van der Waals surface area contributed by atoms with Crippen LogP contribution in [-0.2, 0) is 11.3 Å². The summed E-state index contributed by atoms with van der Waals surface area (Å²) < 4.78 is 14.9. The second kappa shape index (κ2) is 8.38. The standard InChI is InChI=1S/C24H24N8O2/c1-3-31-21(16-6-8-25-9-7-16)27-20-22(30-10-12-34-13-11-30)28-24(29-23(20)31)32-19-14-18(33-2)5-4-17(19)15-26-32/h4-9,14-15H,3,10-13H2,1-2H3. The van der Waals surface area contributed by atoms with Crippen molar-refractivity contribution in [2.45, 2.75) is 13.5 Å². The van der Waals surface area contributed by atoms with Gasteiger partial charge in [0.25, 0.3) is 5.95 Å². The van der Waals surface area contributed by atoms with Crippen LogP contribution in [0.4, 0.5) is 5.82 Å². The van der Waals surface area contributed by atoms with Crippen molar-refractivity contribution in [3.05, 3.63) is 48.9 Å². The minimum atomic E-state index is 0.494. The van der Waals surface area contributed by atoms with Gasteiger partial charge < -0.3 is 18.9 Å². The third-order valence-electron chi connectivity index (χ3n) is 6.10. The van der Waals surface area contributed by atoms with E-state index in [1.165, 1.54) is 0 Å². The van der Waals surface area contributed by atoms with Gasteiger partial charge in [-0.15, -0.1) is 0 Å². The van der Waals surface area contributed by atoms with Gasteiger partial charge in [0.1, 0.15) is 11.6 Å². The minimum absolute atomic E-state index is 0.494. The van der Waals surface area contributed by atoms with Gasteiger partial charge in [0.05, 0.1) is 32.0 Å². The Kier molecular flexibility index (Phi) is 5.06. The number of ether oxygens (including phenoxy) is 2. The highest BCUT2D eigenvalue weighted by atomic mass is 16.5. The molecule has 0 N–H and O–H groups in total. The van der Waals surface area contributed by atoms with Crippen molar-refractivity contribution in [3.63, 3.8) is 0 Å². The Morgan fingerprint density at radius 3 is 2.62 bits per heavy atom. The van der Waals surface area contributed by atoms with Gasteiger partial charge in [-0.3, -0.25) is 4.98 Å². The lowest BCUT2D eigenvalue weighted by Gasteiger charge is -2.28. The van der Waals surface area contributed by atoms with E-state index in [2.05, 4.69) is 26.5 Å². The molecule has 0 amide bonds. The molecule has 0 aliphatic carbocycles. The highest BCUT2D eigenvalue weighted by Gasteiger charge is 2.24. The van der Waals surface area contributed by atoms with E-state index in [9.17, 15) is 0 Å². The fraction of sp³-hybridized carbons (Fsp3) is 0.292. The first-order valence-electron chi connectivity index (χ1n) is 11.3. The predicted molar refractivity (Wildman–Crippen MR) is 128 cm³/mol. The zero-order chi connectivity index (χ0) is 23.1. The second-order valence-corrected chi connectivity index (χ2v) is 8.02. The number of aromatic nitrogens is 7. The predicted octanol–water partition coefficient (Wildman–Crippen LogP) is 3.09. The van der Waals surface area contributed by atoms with E-state index in [1.54, 1.807) is 24.2 Å². The Hall–Kier alpha value is -4.05. The third-order valence-corrected chi connectivity index (χ3v) is 6.10. The molecule has 10 heteroatoms. The van der Waals surface area contributed by atoms with Crippen LogP contribution in [-0.4, -0.2) is 67.7 Å². The fourth-order valence-corrected chi connectivity index (χ4v) is 4.37. The summed E-state index contributed by atoms with van der Waals surface area (Å²) in [6, 6.07) is 9.78. The maximum atomic E-state index is 5.59. The van der Waals surface area contributed by atoms with Crippen molar-refractivity contribution < 1.29 is 9.47 Å². The van der Waals surface area contributed by atoms with Crippen LogP contribution in [0.2, 0.25) is 0 Å². The Labute approximate surface area is 195 Å². The van der Waals surface area contributed by atoms with E-state index in [-0.39, 0.29) is 0 Å². The Morgan fingerprint density at radius 1 is 1.03 bits per heavy atom. The summed E-state index contributed by atoms with van der Waals surface area (Å²) in [5, 5.41) is 5.59. The second-order valence-electron chi connectivity index (χ2n) is 8.02. The maximum absolute atomic E-state index is 5.59. The lowest BCUT2D eigenvalue weighted by Crippen LogP contribution is -2.37. The van der Waals surface area contributed by atoms with Crippen LogP contribution in [0, 0.1) is 0 Å². The number of morpholine rings is 1. The van der Waals surface area contributed by atoms with Crippen molar-refractivity contribution in [3.8, 4) is 23.1 Å². The minimum Gasteiger partial charge on any atom is -0.497 e. The van der Waals surface area contributed by atoms with Gasteiger partial charge in [0, 0.05) is 49.0 Å². The van der Waals surface area contributed by atoms with Crippen LogP contribution >= 0.6 is 0 Å². The SMILES string of the molecule is CCn1c(-c2ccncc2)nc2c(N3CCOCC3)nc(-n3ncc4ccc(OC)cc43)nc21. The molecule has 0 saturated carbocycles. The molecule has 34 heavy (non-hydrogen) atoms. The summed E-state index contributed by atoms with van der Waals surface area (Å²) in [6.07, 6.45) is 5.37. The fourth-order valence-electron chi connectivity index (χ4n) is 4.37. The average molecular weight is 457 g/mol. The topological polar surface area (TPSA) is 96.0 Å². The number of rotatable bonds is 5. The number of hydrogen-bond acceptors (Lipinski definition) is 8. The van der Waals surface area contributed by atoms with E-state index in [0.717, 1.165) is 58.1 Å². The normalized spacial score (nSPS) is 14.2. The summed E-state index contributed by atoms with van der Waals surface area (Å²) in [7, 11) is 1.65. The molecule has 0 unspecified atom stereocenters. The molecule has 0 bridgehead atoms. The van der Waals surface area contributed by atoms with E-state index in [1.807, 2.05) is 36.5 Å². The van der Waals surface area contributed by atoms with Gasteiger partial charge >= 0.3 is 0 Å². The average Bonchev–Trinajstić information content (AvgIpc) is 3.50. The molecule has 1 fully saturated rings. The number of fused-ring (bicyclic) bond motifs is 2. The van der Waals surface area contributed by atoms with Crippen molar-refractivity contribution in [2.24, 2.45) is 0 Å². The Morgan fingerprint density at radius 2 is 1.85 bits per heavy atom. The van der Waals surface area contributed by atoms with Gasteiger partial charge in [-0.2, -0.15) is 19.7 Å². The number of aryl methyl sites for hydroxylation is 1. The molecular formula is C24H24N8O2. The number of pyridine rings is 1. The summed E-state index contributed by atoms with van der Waals surface area (Å²) in [5.74, 6) is 2.88. The van der Waals surface area contributed by atoms with Crippen molar-refractivity contribution in [2.75, 3.05) is 38.3 Å². The molecule has 1 aromatic carbocycles. The first kappa shape index (κ1) is 20.5. The summed E-state index contributed by atoms with van der Waals surface area (Å²) in [4.78, 5) is 21.3. The van der Waals surface area contributed by atoms with Crippen LogP contribution < -0.4 is 9.64 Å². The van der Waals surface area contributed by atoms with E-state index in [0.29, 0.717) is 25.7 Å². The summed E-state index contributed by atoms with van der Waals surface area (Å²) >= 11 is 0. The first-order chi connectivity index (χ1) is 16.8. The van der Waals surface area contributed by atoms with Gasteiger partial charge in [0.15, 0.2) is 17.0 Å². The van der Waals surface area contributed by atoms with Crippen LogP contribution in [0.5, 0.6) is 5.75 Å². The molecule has 1 saturated heterocycles. The Bertz CT molecular complexity index is 1470. The van der Waals surface area contributed by atoms with Gasteiger partial charge in [-0.1, -0.05) is 0 Å². The third kappa shape index (κ3) is 3.34. The molecule has 5 heterocycles. The molecular weight excluding hydrogens is 432 g/mol. The van der Waals surface area contributed by atoms with Crippen molar-refractivity contribution >= 4 is 27.9 Å². The molecule has 0 spiro atoms. The lowest BCUT2D eigenvalue weighted by molar-refractivity contribution is 0.122. The van der Waals surface area contributed by atoms with E-state index in [4.69, 9.17) is 24.4 Å². The summed E-state index contributed by atoms with van der Waals surface area (Å²) in [5.41, 5.74) is 3.41. The largest absolute Gasteiger partial charge is 0.497 e. The maximum Gasteiger partial charge on any atom is 0.255 e. The highest BCUT2D eigenvalue weighted by Crippen LogP contribution is 2.31. The van der Waals surface area contributed by atoms with E-state index < -0.39 is 0 Å². The quantitative estimate of drug-likeness (QED) is 0.398. The van der Waals surface area contributed by atoms with Gasteiger partial charge in [-0.25, -0.2) is 4.98 Å². The van der Waals surface area contributed by atoms with Crippen LogP contribution in [0.15, 0.2) is 48.9 Å². The molecule has 10 nitrogen and oxygen atoms in total. The van der Waals surface area contributed by atoms with Gasteiger partial charge in [0.2, 0.25) is 0 Å². The zero-order valence-corrected chi connectivity index (χ0v) is 19.0. The zero-order valence-electron chi connectivity index (χ0n) is 19.0. The van der Waals surface area contributed by atoms with Gasteiger partial charge in [-0.05, 0) is 31.2 Å². The smallest absolute Gasteiger partial charge is 0.255 e. The van der Waals surface area contributed by atoms with Crippen LogP contribution in [0.3, 0.4) is 0 Å². The van der Waals surface area contributed by atoms with Crippen LogP contribution in [0.25, 0.3) is 39.4 Å². The summed E-state index contributed by atoms with van der Waals surface area (Å²) in [6.45, 7) is 5.57. The molecule has 6 rings (SSSR count). The highest BCUT2D eigenvalue weighted by molar-refractivity contribution is 5.88. The van der Waals surface area contributed by atoms with Crippen molar-refractivity contribution in [1.29, 1.82) is 0 Å². The molecule has 1 aliphatic rings. The number of hydrogen-bond donors (Lipinski definition) is 0. The number of anilines is 1. The molecule has 1 aliphatic heterocycles. The van der Waals surface area contributed by atoms with Crippen molar-refractivity contribution in [1.82, 2.24) is 34.3 Å². The number of benzene rings is 1. The monoisotopic (exact) mass is 456 g/mol. The molecule has 4 aromatic heterocycles. The molecule has 0 radical (unpaired) electrons. The first-order valence-corrected chi connectivity index (χ1v) is 11.3. The Balaban J connectivity index is 1.62. The van der Waals surface area contributed by atoms with E-state index >= 15 is 0 Å². The lowest BCUT2D eigenvalue weighted by atomic mass is 10.2. The number of methoxy groups -OCH3 is 1. The van der Waals surface area contributed by atoms with Crippen LogP contribution in [0.1, 0.15) is 6.92 Å². The molecule has 0 atom stereocenters. The number of imidazole rings is 1. The number of nitrogens with zero attached hydrogens (tertiary/aromatic N) is 8. The molecule has 5 aromatic rings.